The SMILES string of the molecule is CCO[C@H]1COC[C@@H]1Nc1ncc(C)c(N(C)C)n1. The normalized spacial score (nSPS) is 22.5. The zero-order valence-corrected chi connectivity index (χ0v) is 12.0. The molecule has 1 fully saturated rings. The Balaban J connectivity index is 2.08. The molecular weight excluding hydrogens is 244 g/mol. The molecule has 0 aromatic carbocycles. The predicted molar refractivity (Wildman–Crippen MR) is 74.7 cm³/mol. The summed E-state index contributed by atoms with van der Waals surface area (Å²) in [5.74, 6) is 1.54. The van der Waals surface area contributed by atoms with Crippen LogP contribution in [0.25, 0.3) is 0 Å². The highest BCUT2D eigenvalue weighted by molar-refractivity contribution is 5.47. The highest BCUT2D eigenvalue weighted by Crippen LogP contribution is 2.18. The fourth-order valence-electron chi connectivity index (χ4n) is 2.17. The van der Waals surface area contributed by atoms with Crippen LogP contribution in [0.3, 0.4) is 0 Å². The first kappa shape index (κ1) is 14.0. The summed E-state index contributed by atoms with van der Waals surface area (Å²) in [7, 11) is 3.95. The summed E-state index contributed by atoms with van der Waals surface area (Å²) in [4.78, 5) is 10.8. The Labute approximate surface area is 114 Å². The maximum Gasteiger partial charge on any atom is 0.225 e. The lowest BCUT2D eigenvalue weighted by Crippen LogP contribution is -2.35. The van der Waals surface area contributed by atoms with Crippen LogP contribution in [-0.2, 0) is 9.47 Å². The highest BCUT2D eigenvalue weighted by atomic mass is 16.5. The summed E-state index contributed by atoms with van der Waals surface area (Å²) >= 11 is 0. The Bertz CT molecular complexity index is 425. The Morgan fingerprint density at radius 1 is 1.47 bits per heavy atom. The monoisotopic (exact) mass is 266 g/mol. The van der Waals surface area contributed by atoms with Gasteiger partial charge < -0.3 is 19.7 Å². The van der Waals surface area contributed by atoms with E-state index in [1.54, 1.807) is 0 Å². The minimum Gasteiger partial charge on any atom is -0.376 e. The molecule has 2 atom stereocenters. The van der Waals surface area contributed by atoms with E-state index in [4.69, 9.17) is 9.47 Å². The van der Waals surface area contributed by atoms with Crippen LogP contribution in [0, 0.1) is 6.92 Å². The number of nitrogens with one attached hydrogen (secondary N) is 1. The van der Waals surface area contributed by atoms with Gasteiger partial charge in [0.05, 0.1) is 19.3 Å². The van der Waals surface area contributed by atoms with Gasteiger partial charge in [-0.3, -0.25) is 0 Å². The lowest BCUT2D eigenvalue weighted by molar-refractivity contribution is 0.0477. The number of hydrogen-bond acceptors (Lipinski definition) is 6. The Morgan fingerprint density at radius 3 is 2.95 bits per heavy atom. The van der Waals surface area contributed by atoms with Crippen molar-refractivity contribution in [1.29, 1.82) is 0 Å². The van der Waals surface area contributed by atoms with Gasteiger partial charge in [-0.05, 0) is 13.8 Å². The lowest BCUT2D eigenvalue weighted by atomic mass is 10.2. The van der Waals surface area contributed by atoms with Gasteiger partial charge in [-0.2, -0.15) is 4.98 Å². The van der Waals surface area contributed by atoms with Gasteiger partial charge in [0, 0.05) is 32.5 Å². The summed E-state index contributed by atoms with van der Waals surface area (Å²) < 4.78 is 11.1. The molecule has 0 bridgehead atoms. The average molecular weight is 266 g/mol. The molecular formula is C13H22N4O2. The molecule has 106 valence electrons. The molecule has 0 aliphatic carbocycles. The van der Waals surface area contributed by atoms with Crippen molar-refractivity contribution in [2.24, 2.45) is 0 Å². The minimum absolute atomic E-state index is 0.0673. The van der Waals surface area contributed by atoms with Crippen molar-refractivity contribution in [3.63, 3.8) is 0 Å². The highest BCUT2D eigenvalue weighted by Gasteiger charge is 2.29. The van der Waals surface area contributed by atoms with Gasteiger partial charge in [0.25, 0.3) is 0 Å². The second kappa shape index (κ2) is 6.16. The zero-order chi connectivity index (χ0) is 13.8. The molecule has 0 radical (unpaired) electrons. The predicted octanol–water partition coefficient (Wildman–Crippen LogP) is 1.07. The van der Waals surface area contributed by atoms with Crippen molar-refractivity contribution in [2.45, 2.75) is 26.0 Å². The first-order valence-electron chi connectivity index (χ1n) is 6.58. The molecule has 1 aliphatic heterocycles. The molecule has 6 nitrogen and oxygen atoms in total. The molecule has 1 aromatic heterocycles. The van der Waals surface area contributed by atoms with Crippen molar-refractivity contribution in [3.05, 3.63) is 11.8 Å². The molecule has 2 rings (SSSR count). The van der Waals surface area contributed by atoms with E-state index < -0.39 is 0 Å². The zero-order valence-electron chi connectivity index (χ0n) is 12.0. The fourth-order valence-corrected chi connectivity index (χ4v) is 2.17. The van der Waals surface area contributed by atoms with E-state index in [1.807, 2.05) is 39.0 Å². The van der Waals surface area contributed by atoms with Crippen molar-refractivity contribution in [1.82, 2.24) is 9.97 Å². The molecule has 1 aliphatic rings. The third-order valence-corrected chi connectivity index (χ3v) is 3.09. The molecule has 0 spiro atoms. The van der Waals surface area contributed by atoms with E-state index in [0.29, 0.717) is 25.8 Å². The number of aryl methyl sites for hydroxylation is 1. The molecule has 0 amide bonds. The van der Waals surface area contributed by atoms with Crippen molar-refractivity contribution in [2.75, 3.05) is 44.1 Å². The van der Waals surface area contributed by atoms with Crippen LogP contribution in [0.15, 0.2) is 6.20 Å². The number of ether oxygens (including phenoxy) is 2. The molecule has 2 heterocycles. The van der Waals surface area contributed by atoms with Crippen molar-refractivity contribution < 1.29 is 9.47 Å². The second-order valence-electron chi connectivity index (χ2n) is 4.88. The maximum atomic E-state index is 5.64. The van der Waals surface area contributed by atoms with E-state index in [0.717, 1.165) is 11.4 Å². The van der Waals surface area contributed by atoms with Gasteiger partial charge in [-0.15, -0.1) is 0 Å². The second-order valence-corrected chi connectivity index (χ2v) is 4.88. The molecule has 1 aromatic rings. The lowest BCUT2D eigenvalue weighted by Gasteiger charge is -2.20. The van der Waals surface area contributed by atoms with Gasteiger partial charge in [0.15, 0.2) is 0 Å². The number of aromatic nitrogens is 2. The van der Waals surface area contributed by atoms with Crippen molar-refractivity contribution >= 4 is 11.8 Å². The summed E-state index contributed by atoms with van der Waals surface area (Å²) in [6, 6.07) is 0.109. The van der Waals surface area contributed by atoms with Crippen LogP contribution < -0.4 is 10.2 Å². The van der Waals surface area contributed by atoms with Crippen LogP contribution in [0.1, 0.15) is 12.5 Å². The van der Waals surface area contributed by atoms with Crippen LogP contribution in [0.2, 0.25) is 0 Å². The van der Waals surface area contributed by atoms with Crippen LogP contribution >= 0.6 is 0 Å². The van der Waals surface area contributed by atoms with E-state index in [1.165, 1.54) is 0 Å². The largest absolute Gasteiger partial charge is 0.376 e. The van der Waals surface area contributed by atoms with Crippen molar-refractivity contribution in [3.8, 4) is 0 Å². The van der Waals surface area contributed by atoms with Gasteiger partial charge in [-0.1, -0.05) is 0 Å². The van der Waals surface area contributed by atoms with Crippen LogP contribution in [0.4, 0.5) is 11.8 Å². The summed E-state index contributed by atoms with van der Waals surface area (Å²) in [5, 5.41) is 3.30. The van der Waals surface area contributed by atoms with Gasteiger partial charge in [-0.25, -0.2) is 4.98 Å². The molecule has 0 unspecified atom stereocenters. The van der Waals surface area contributed by atoms with E-state index in [-0.39, 0.29) is 12.1 Å². The van der Waals surface area contributed by atoms with Gasteiger partial charge >= 0.3 is 0 Å². The number of nitrogens with zero attached hydrogens (tertiary/aromatic N) is 3. The first-order valence-corrected chi connectivity index (χ1v) is 6.58. The van der Waals surface area contributed by atoms with Crippen LogP contribution in [0.5, 0.6) is 0 Å². The first-order chi connectivity index (χ1) is 9.11. The summed E-state index contributed by atoms with van der Waals surface area (Å²) in [6.07, 6.45) is 1.90. The third kappa shape index (κ3) is 3.33. The Kier molecular flexibility index (Phi) is 4.55. The topological polar surface area (TPSA) is 59.5 Å². The van der Waals surface area contributed by atoms with Gasteiger partial charge in [0.1, 0.15) is 11.9 Å². The average Bonchev–Trinajstić information content (AvgIpc) is 2.79. The van der Waals surface area contributed by atoms with Gasteiger partial charge in [0.2, 0.25) is 5.95 Å². The van der Waals surface area contributed by atoms with E-state index >= 15 is 0 Å². The van der Waals surface area contributed by atoms with Crippen LogP contribution in [-0.4, -0.2) is 56.0 Å². The number of rotatable bonds is 5. The van der Waals surface area contributed by atoms with E-state index in [2.05, 4.69) is 15.3 Å². The molecule has 1 N–H and O–H groups in total. The quantitative estimate of drug-likeness (QED) is 0.860. The minimum atomic E-state index is 0.0673. The third-order valence-electron chi connectivity index (χ3n) is 3.09. The Hall–Kier alpha value is -1.40. The molecule has 0 saturated carbocycles. The maximum absolute atomic E-state index is 5.64. The molecule has 19 heavy (non-hydrogen) atoms. The Morgan fingerprint density at radius 2 is 2.26 bits per heavy atom. The molecule has 1 saturated heterocycles. The number of anilines is 2. The summed E-state index contributed by atoms with van der Waals surface area (Å²) in [5.41, 5.74) is 1.06. The fraction of sp³-hybridized carbons (Fsp3) is 0.692. The smallest absolute Gasteiger partial charge is 0.225 e. The molecule has 6 heteroatoms. The summed E-state index contributed by atoms with van der Waals surface area (Å²) in [6.45, 7) is 5.92. The number of hydrogen-bond donors (Lipinski definition) is 1. The van der Waals surface area contributed by atoms with E-state index in [9.17, 15) is 0 Å². The standard InChI is InChI=1S/C13H22N4O2/c1-5-19-11-8-18-7-10(11)15-13-14-6-9(2)12(16-13)17(3)4/h6,10-11H,5,7-8H2,1-4H3,(H,14,15,16)/t10-,11-/m0/s1.